The second-order valence-corrected chi connectivity index (χ2v) is 6.40. The van der Waals surface area contributed by atoms with Gasteiger partial charge >= 0.3 is 0 Å². The molecule has 4 rings (SSSR count). The second kappa shape index (κ2) is 5.27. The van der Waals surface area contributed by atoms with Crippen molar-refractivity contribution < 1.29 is 4.79 Å². The number of rotatable bonds is 2. The number of aryl methyl sites for hydroxylation is 3. The Labute approximate surface area is 135 Å². The largest absolute Gasteiger partial charge is 0.358 e. The van der Waals surface area contributed by atoms with Crippen LogP contribution in [0.25, 0.3) is 10.9 Å². The molecular formula is C20H20N2O. The van der Waals surface area contributed by atoms with Crippen LogP contribution in [0.5, 0.6) is 0 Å². The zero-order valence-corrected chi connectivity index (χ0v) is 13.4. The maximum Gasteiger partial charge on any atom is 0.251 e. The van der Waals surface area contributed by atoms with Crippen LogP contribution in [-0.4, -0.2) is 10.9 Å². The number of carbonyl (C=O) groups is 1. The molecule has 23 heavy (non-hydrogen) atoms. The van der Waals surface area contributed by atoms with Gasteiger partial charge in [-0.3, -0.25) is 4.79 Å². The summed E-state index contributed by atoms with van der Waals surface area (Å²) in [5.41, 5.74) is 6.79. The smallest absolute Gasteiger partial charge is 0.251 e. The highest BCUT2D eigenvalue weighted by molar-refractivity contribution is 5.99. The molecule has 0 fully saturated rings. The number of amides is 1. The Balaban J connectivity index is 1.61. The molecule has 2 aromatic carbocycles. The van der Waals surface area contributed by atoms with Gasteiger partial charge in [-0.15, -0.1) is 0 Å². The van der Waals surface area contributed by atoms with Crippen molar-refractivity contribution in [1.82, 2.24) is 10.3 Å². The van der Waals surface area contributed by atoms with Crippen molar-refractivity contribution in [3.8, 4) is 0 Å². The Hall–Kier alpha value is -2.55. The summed E-state index contributed by atoms with van der Waals surface area (Å²) in [7, 11) is 0. The first kappa shape index (κ1) is 14.1. The van der Waals surface area contributed by atoms with Gasteiger partial charge in [0.25, 0.3) is 5.91 Å². The molecule has 1 heterocycles. The van der Waals surface area contributed by atoms with Crippen molar-refractivity contribution in [3.63, 3.8) is 0 Å². The number of H-pyrrole nitrogens is 1. The molecular weight excluding hydrogens is 284 g/mol. The highest BCUT2D eigenvalue weighted by atomic mass is 16.1. The third-order valence-electron chi connectivity index (χ3n) is 5.01. The van der Waals surface area contributed by atoms with E-state index >= 15 is 0 Å². The molecule has 116 valence electrons. The fraction of sp³-hybridized carbons (Fsp3) is 0.250. The minimum atomic E-state index is 0.00635. The molecule has 2 N–H and O–H groups in total. The first-order valence-electron chi connectivity index (χ1n) is 8.11. The van der Waals surface area contributed by atoms with Crippen LogP contribution in [0.2, 0.25) is 0 Å². The van der Waals surface area contributed by atoms with Crippen molar-refractivity contribution in [2.75, 3.05) is 0 Å². The Kier molecular flexibility index (Phi) is 3.22. The topological polar surface area (TPSA) is 44.9 Å². The Morgan fingerprint density at radius 3 is 2.87 bits per heavy atom. The molecule has 0 bridgehead atoms. The maximum atomic E-state index is 12.7. The molecule has 3 aromatic rings. The first-order valence-corrected chi connectivity index (χ1v) is 8.11. The van der Waals surface area contributed by atoms with Crippen LogP contribution >= 0.6 is 0 Å². The highest BCUT2D eigenvalue weighted by Gasteiger charge is 2.23. The number of carbonyl (C=O) groups excluding carboxylic acids is 1. The normalized spacial score (nSPS) is 16.5. The standard InChI is InChI=1S/C20H20N2O/c1-12-13(2)21-19-10-8-15(11-17(12)19)20(23)22-18-9-7-14-5-3-4-6-16(14)18/h3-6,8,10-11,18,21H,7,9H2,1-2H3,(H,22,23)/t18-/m1/s1. The van der Waals surface area contributed by atoms with Crippen molar-refractivity contribution in [2.24, 2.45) is 0 Å². The van der Waals surface area contributed by atoms with Gasteiger partial charge < -0.3 is 10.3 Å². The molecule has 0 radical (unpaired) electrons. The van der Waals surface area contributed by atoms with Gasteiger partial charge in [-0.1, -0.05) is 24.3 Å². The summed E-state index contributed by atoms with van der Waals surface area (Å²) < 4.78 is 0. The van der Waals surface area contributed by atoms with E-state index in [0.717, 1.165) is 35.0 Å². The summed E-state index contributed by atoms with van der Waals surface area (Å²) in [6.07, 6.45) is 2.02. The summed E-state index contributed by atoms with van der Waals surface area (Å²) in [6, 6.07) is 14.4. The lowest BCUT2D eigenvalue weighted by Crippen LogP contribution is -2.27. The second-order valence-electron chi connectivity index (χ2n) is 6.40. The zero-order chi connectivity index (χ0) is 16.0. The van der Waals surface area contributed by atoms with E-state index in [0.29, 0.717) is 0 Å². The van der Waals surface area contributed by atoms with Crippen LogP contribution in [0.15, 0.2) is 42.5 Å². The molecule has 1 aromatic heterocycles. The summed E-state index contributed by atoms with van der Waals surface area (Å²) in [6.45, 7) is 4.15. The van der Waals surface area contributed by atoms with Crippen LogP contribution in [-0.2, 0) is 6.42 Å². The van der Waals surface area contributed by atoms with Crippen molar-refractivity contribution >= 4 is 16.8 Å². The average molecular weight is 304 g/mol. The third-order valence-corrected chi connectivity index (χ3v) is 5.01. The number of aromatic amines is 1. The molecule has 1 atom stereocenters. The lowest BCUT2D eigenvalue weighted by molar-refractivity contribution is 0.0937. The quantitative estimate of drug-likeness (QED) is 0.732. The SMILES string of the molecule is Cc1[nH]c2ccc(C(=O)N[C@@H]3CCc4ccccc43)cc2c1C. The van der Waals surface area contributed by atoms with Crippen molar-refractivity contribution in [1.29, 1.82) is 0 Å². The zero-order valence-electron chi connectivity index (χ0n) is 13.4. The molecule has 0 spiro atoms. The van der Waals surface area contributed by atoms with Gasteiger partial charge in [-0.2, -0.15) is 0 Å². The predicted octanol–water partition coefficient (Wildman–Crippen LogP) is 4.20. The van der Waals surface area contributed by atoms with E-state index in [4.69, 9.17) is 0 Å². The lowest BCUT2D eigenvalue weighted by Gasteiger charge is -2.14. The van der Waals surface area contributed by atoms with Gasteiger partial charge in [0.05, 0.1) is 6.04 Å². The molecule has 1 aliphatic carbocycles. The molecule has 0 saturated carbocycles. The van der Waals surface area contributed by atoms with E-state index in [-0.39, 0.29) is 11.9 Å². The van der Waals surface area contributed by atoms with Crippen LogP contribution < -0.4 is 5.32 Å². The van der Waals surface area contributed by atoms with E-state index in [1.165, 1.54) is 16.7 Å². The third kappa shape index (κ3) is 2.33. The van der Waals surface area contributed by atoms with Gasteiger partial charge in [0.1, 0.15) is 0 Å². The number of fused-ring (bicyclic) bond motifs is 2. The Bertz CT molecular complexity index is 907. The van der Waals surface area contributed by atoms with E-state index < -0.39 is 0 Å². The summed E-state index contributed by atoms with van der Waals surface area (Å²) >= 11 is 0. The summed E-state index contributed by atoms with van der Waals surface area (Å²) in [5.74, 6) is 0.00635. The number of hydrogen-bond donors (Lipinski definition) is 2. The average Bonchev–Trinajstić information content (AvgIpc) is 3.09. The van der Waals surface area contributed by atoms with Crippen LogP contribution in [0.4, 0.5) is 0 Å². The highest BCUT2D eigenvalue weighted by Crippen LogP contribution is 2.31. The van der Waals surface area contributed by atoms with Crippen LogP contribution in [0, 0.1) is 13.8 Å². The van der Waals surface area contributed by atoms with Gasteiger partial charge in [-0.25, -0.2) is 0 Å². The van der Waals surface area contributed by atoms with Gasteiger partial charge in [-0.05, 0) is 61.6 Å². The fourth-order valence-corrected chi connectivity index (χ4v) is 3.55. The van der Waals surface area contributed by atoms with E-state index in [9.17, 15) is 4.79 Å². The minimum Gasteiger partial charge on any atom is -0.358 e. The van der Waals surface area contributed by atoms with E-state index in [2.05, 4.69) is 42.3 Å². The predicted molar refractivity (Wildman–Crippen MR) is 92.7 cm³/mol. The summed E-state index contributed by atoms with van der Waals surface area (Å²) in [5, 5.41) is 4.32. The Morgan fingerprint density at radius 1 is 1.17 bits per heavy atom. The van der Waals surface area contributed by atoms with Gasteiger partial charge in [0, 0.05) is 22.2 Å². The Morgan fingerprint density at radius 2 is 2.00 bits per heavy atom. The molecule has 0 unspecified atom stereocenters. The van der Waals surface area contributed by atoms with Gasteiger partial charge in [0.2, 0.25) is 0 Å². The number of nitrogens with one attached hydrogen (secondary N) is 2. The van der Waals surface area contributed by atoms with Crippen LogP contribution in [0.1, 0.15) is 45.2 Å². The monoisotopic (exact) mass is 304 g/mol. The molecule has 3 nitrogen and oxygen atoms in total. The van der Waals surface area contributed by atoms with Gasteiger partial charge in [0.15, 0.2) is 0 Å². The molecule has 1 aliphatic rings. The summed E-state index contributed by atoms with van der Waals surface area (Å²) in [4.78, 5) is 16.0. The van der Waals surface area contributed by atoms with E-state index in [1.807, 2.05) is 24.3 Å². The maximum absolute atomic E-state index is 12.7. The van der Waals surface area contributed by atoms with Crippen LogP contribution in [0.3, 0.4) is 0 Å². The molecule has 0 saturated heterocycles. The van der Waals surface area contributed by atoms with Crippen molar-refractivity contribution in [3.05, 3.63) is 70.4 Å². The molecule has 0 aliphatic heterocycles. The molecule has 1 amide bonds. The fourth-order valence-electron chi connectivity index (χ4n) is 3.55. The first-order chi connectivity index (χ1) is 11.1. The number of hydrogen-bond acceptors (Lipinski definition) is 1. The minimum absolute atomic E-state index is 0.00635. The van der Waals surface area contributed by atoms with E-state index in [1.54, 1.807) is 0 Å². The van der Waals surface area contributed by atoms with Crippen molar-refractivity contribution in [2.45, 2.75) is 32.7 Å². The number of aromatic nitrogens is 1. The molecule has 3 heteroatoms. The lowest BCUT2D eigenvalue weighted by atomic mass is 10.1. The number of benzene rings is 2.